The van der Waals surface area contributed by atoms with Gasteiger partial charge >= 0.3 is 18.0 Å². The van der Waals surface area contributed by atoms with Gasteiger partial charge in [-0.15, -0.1) is 0 Å². The van der Waals surface area contributed by atoms with Crippen LogP contribution < -0.4 is 0 Å². The quantitative estimate of drug-likeness (QED) is 0.723. The molecule has 0 radical (unpaired) electrons. The maximum atomic E-state index is 12.3. The van der Waals surface area contributed by atoms with Crippen molar-refractivity contribution in [1.82, 2.24) is 4.90 Å². The summed E-state index contributed by atoms with van der Waals surface area (Å²) < 4.78 is 10.7. The number of hydrogen-bond donors (Lipinski definition) is 1. The minimum Gasteiger partial charge on any atom is -0.465 e. The van der Waals surface area contributed by atoms with Crippen molar-refractivity contribution in [2.75, 3.05) is 13.1 Å². The van der Waals surface area contributed by atoms with Crippen molar-refractivity contribution in [3.8, 4) is 0 Å². The Morgan fingerprint density at radius 3 is 2.35 bits per heavy atom. The third-order valence-electron chi connectivity index (χ3n) is 4.11. The number of carboxylic acid groups (broad SMARTS) is 1. The Morgan fingerprint density at radius 2 is 1.90 bits per heavy atom. The van der Waals surface area contributed by atoms with Crippen LogP contribution in [0.2, 0.25) is 0 Å². The van der Waals surface area contributed by atoms with Crippen LogP contribution in [0, 0.1) is 5.41 Å². The molecule has 2 rings (SSSR count). The van der Waals surface area contributed by atoms with Gasteiger partial charge in [-0.3, -0.25) is 9.59 Å². The summed E-state index contributed by atoms with van der Waals surface area (Å²) in [7, 11) is 0. The summed E-state index contributed by atoms with van der Waals surface area (Å²) in [4.78, 5) is 35.8. The second-order valence-electron chi connectivity index (χ2n) is 5.91. The Labute approximate surface area is 116 Å². The molecule has 0 saturated carbocycles. The molecule has 2 aliphatic rings. The van der Waals surface area contributed by atoms with Gasteiger partial charge < -0.3 is 19.5 Å². The van der Waals surface area contributed by atoms with Crippen LogP contribution in [0.5, 0.6) is 0 Å². The molecule has 7 nitrogen and oxygen atoms in total. The second-order valence-corrected chi connectivity index (χ2v) is 5.91. The van der Waals surface area contributed by atoms with Crippen molar-refractivity contribution in [2.45, 2.75) is 45.3 Å². The van der Waals surface area contributed by atoms with Gasteiger partial charge in [0.15, 0.2) is 6.10 Å². The van der Waals surface area contributed by atoms with Gasteiger partial charge in [-0.1, -0.05) is 0 Å². The highest BCUT2D eigenvalue weighted by Gasteiger charge is 2.63. The van der Waals surface area contributed by atoms with Crippen LogP contribution >= 0.6 is 0 Å². The Kier molecular flexibility index (Phi) is 3.39. The molecule has 0 aromatic heterocycles. The SMILES string of the molecule is CC(=O)OC1C(C)(C)OC(=O)C12CCN(C(=O)O)CC2. The van der Waals surface area contributed by atoms with Gasteiger partial charge in [-0.05, 0) is 26.7 Å². The summed E-state index contributed by atoms with van der Waals surface area (Å²) in [5.74, 6) is -0.875. The van der Waals surface area contributed by atoms with Crippen LogP contribution in [0.3, 0.4) is 0 Å². The van der Waals surface area contributed by atoms with Gasteiger partial charge in [0, 0.05) is 20.0 Å². The number of esters is 2. The lowest BCUT2D eigenvalue weighted by atomic mass is 9.71. The molecule has 1 atom stereocenters. The minimum absolute atomic E-state index is 0.234. The smallest absolute Gasteiger partial charge is 0.407 e. The van der Waals surface area contributed by atoms with Crippen molar-refractivity contribution >= 4 is 18.0 Å². The van der Waals surface area contributed by atoms with E-state index < -0.39 is 35.2 Å². The molecule has 0 aliphatic carbocycles. The highest BCUT2D eigenvalue weighted by Crippen LogP contribution is 2.49. The Morgan fingerprint density at radius 1 is 1.35 bits per heavy atom. The standard InChI is InChI=1S/C13H19NO6/c1-8(15)19-9-12(2,3)20-10(16)13(9)4-6-14(7-5-13)11(17)18/h9H,4-7H2,1-3H3,(H,17,18). The predicted octanol–water partition coefficient (Wildman–Crippen LogP) is 1.01. The molecule has 2 aliphatic heterocycles. The van der Waals surface area contributed by atoms with E-state index in [9.17, 15) is 14.4 Å². The fraction of sp³-hybridized carbons (Fsp3) is 0.769. The van der Waals surface area contributed by atoms with E-state index in [1.54, 1.807) is 13.8 Å². The summed E-state index contributed by atoms with van der Waals surface area (Å²) in [5, 5.41) is 8.97. The van der Waals surface area contributed by atoms with Gasteiger partial charge in [-0.25, -0.2) is 4.79 Å². The molecule has 2 saturated heterocycles. The van der Waals surface area contributed by atoms with Gasteiger partial charge in [0.2, 0.25) is 0 Å². The Hall–Kier alpha value is -1.79. The fourth-order valence-electron chi connectivity index (χ4n) is 3.15. The van der Waals surface area contributed by atoms with Crippen LogP contribution in [0.25, 0.3) is 0 Å². The number of likely N-dealkylation sites (tertiary alicyclic amines) is 1. The molecule has 1 amide bonds. The maximum absolute atomic E-state index is 12.3. The number of nitrogens with zero attached hydrogens (tertiary/aromatic N) is 1. The number of hydrogen-bond acceptors (Lipinski definition) is 5. The third-order valence-corrected chi connectivity index (χ3v) is 4.11. The number of amides is 1. The summed E-state index contributed by atoms with van der Waals surface area (Å²) in [5.41, 5.74) is -1.82. The summed E-state index contributed by atoms with van der Waals surface area (Å²) in [6, 6.07) is 0. The average molecular weight is 285 g/mol. The first kappa shape index (κ1) is 14.6. The fourth-order valence-corrected chi connectivity index (χ4v) is 3.15. The van der Waals surface area contributed by atoms with Crippen molar-refractivity contribution in [2.24, 2.45) is 5.41 Å². The van der Waals surface area contributed by atoms with E-state index in [1.165, 1.54) is 11.8 Å². The van der Waals surface area contributed by atoms with E-state index in [0.29, 0.717) is 12.8 Å². The lowest BCUT2D eigenvalue weighted by Gasteiger charge is -2.39. The highest BCUT2D eigenvalue weighted by molar-refractivity contribution is 5.82. The topological polar surface area (TPSA) is 93.1 Å². The molecule has 0 aromatic rings. The minimum atomic E-state index is -1.01. The zero-order valence-electron chi connectivity index (χ0n) is 11.8. The first-order valence-electron chi connectivity index (χ1n) is 6.57. The van der Waals surface area contributed by atoms with Crippen LogP contribution in [0.4, 0.5) is 4.79 Å². The number of carbonyl (C=O) groups is 3. The number of ether oxygens (including phenoxy) is 2. The van der Waals surface area contributed by atoms with Crippen molar-refractivity contribution in [1.29, 1.82) is 0 Å². The summed E-state index contributed by atoms with van der Waals surface area (Å²) in [6.07, 6.45) is -1.08. The Bertz CT molecular complexity index is 450. The molecule has 0 bridgehead atoms. The molecule has 2 fully saturated rings. The van der Waals surface area contributed by atoms with Gasteiger partial charge in [0.05, 0.1) is 0 Å². The molecule has 2 heterocycles. The molecule has 20 heavy (non-hydrogen) atoms. The lowest BCUT2D eigenvalue weighted by Crippen LogP contribution is -2.52. The van der Waals surface area contributed by atoms with E-state index in [0.717, 1.165) is 0 Å². The van der Waals surface area contributed by atoms with E-state index in [-0.39, 0.29) is 13.1 Å². The number of cyclic esters (lactones) is 1. The van der Waals surface area contributed by atoms with Gasteiger partial charge in [0.25, 0.3) is 0 Å². The predicted molar refractivity (Wildman–Crippen MR) is 67.0 cm³/mol. The van der Waals surface area contributed by atoms with Crippen LogP contribution in [0.1, 0.15) is 33.6 Å². The van der Waals surface area contributed by atoms with E-state index >= 15 is 0 Å². The third kappa shape index (κ3) is 2.21. The summed E-state index contributed by atoms with van der Waals surface area (Å²) >= 11 is 0. The second kappa shape index (κ2) is 4.64. The highest BCUT2D eigenvalue weighted by atomic mass is 16.6. The van der Waals surface area contributed by atoms with Crippen LogP contribution in [-0.4, -0.2) is 52.8 Å². The van der Waals surface area contributed by atoms with Crippen molar-refractivity contribution in [3.05, 3.63) is 0 Å². The van der Waals surface area contributed by atoms with Gasteiger partial charge in [0.1, 0.15) is 11.0 Å². The molecule has 7 heteroatoms. The number of rotatable bonds is 1. The number of piperidine rings is 1. The largest absolute Gasteiger partial charge is 0.465 e. The van der Waals surface area contributed by atoms with Crippen LogP contribution in [0.15, 0.2) is 0 Å². The molecule has 1 N–H and O–H groups in total. The molecular formula is C13H19NO6. The normalized spacial score (nSPS) is 27.2. The zero-order chi connectivity index (χ0) is 15.1. The molecule has 1 spiro atoms. The van der Waals surface area contributed by atoms with E-state index in [1.807, 2.05) is 0 Å². The van der Waals surface area contributed by atoms with Crippen molar-refractivity contribution in [3.63, 3.8) is 0 Å². The Balaban J connectivity index is 2.26. The van der Waals surface area contributed by atoms with E-state index in [2.05, 4.69) is 0 Å². The van der Waals surface area contributed by atoms with E-state index in [4.69, 9.17) is 14.6 Å². The van der Waals surface area contributed by atoms with Gasteiger partial charge in [-0.2, -0.15) is 0 Å². The molecular weight excluding hydrogens is 266 g/mol. The molecule has 112 valence electrons. The lowest BCUT2D eigenvalue weighted by molar-refractivity contribution is -0.160. The summed E-state index contributed by atoms with van der Waals surface area (Å²) in [6.45, 7) is 5.17. The number of carbonyl (C=O) groups excluding carboxylic acids is 2. The molecule has 1 unspecified atom stereocenters. The zero-order valence-corrected chi connectivity index (χ0v) is 11.8. The van der Waals surface area contributed by atoms with Crippen LogP contribution in [-0.2, 0) is 19.1 Å². The van der Waals surface area contributed by atoms with Crippen molar-refractivity contribution < 1.29 is 29.0 Å². The maximum Gasteiger partial charge on any atom is 0.407 e. The monoisotopic (exact) mass is 285 g/mol. The first-order valence-corrected chi connectivity index (χ1v) is 6.57. The first-order chi connectivity index (χ1) is 9.19. The average Bonchev–Trinajstić information content (AvgIpc) is 2.50. The molecule has 0 aromatic carbocycles.